The van der Waals surface area contributed by atoms with Gasteiger partial charge in [-0.15, -0.1) is 0 Å². The van der Waals surface area contributed by atoms with E-state index in [4.69, 9.17) is 4.42 Å². The van der Waals surface area contributed by atoms with Crippen LogP contribution in [0.1, 0.15) is 44.7 Å². The molecule has 1 saturated carbocycles. The summed E-state index contributed by atoms with van der Waals surface area (Å²) in [6.07, 6.45) is 4.47. The van der Waals surface area contributed by atoms with Crippen LogP contribution in [0.5, 0.6) is 0 Å². The molecule has 1 amide bonds. The van der Waals surface area contributed by atoms with Crippen LogP contribution in [0, 0.1) is 12.8 Å². The van der Waals surface area contributed by atoms with Gasteiger partial charge in [-0.3, -0.25) is 4.79 Å². The molecule has 1 heterocycles. The number of fused-ring (bicyclic) bond motifs is 1. The first-order valence-corrected chi connectivity index (χ1v) is 8.25. The molecule has 0 spiro atoms. The van der Waals surface area contributed by atoms with Crippen molar-refractivity contribution < 1.29 is 9.21 Å². The highest BCUT2D eigenvalue weighted by molar-refractivity contribution is 5.88. The summed E-state index contributed by atoms with van der Waals surface area (Å²) < 4.78 is 5.62. The molecule has 1 fully saturated rings. The van der Waals surface area contributed by atoms with Gasteiger partial charge in [0.25, 0.3) is 0 Å². The van der Waals surface area contributed by atoms with Crippen molar-refractivity contribution in [3.63, 3.8) is 0 Å². The number of nitrogens with zero attached hydrogens (tertiary/aromatic N) is 1. The molecule has 1 aromatic carbocycles. The van der Waals surface area contributed by atoms with Crippen molar-refractivity contribution in [1.82, 2.24) is 4.90 Å². The second-order valence-electron chi connectivity index (χ2n) is 6.95. The Morgan fingerprint density at radius 3 is 2.68 bits per heavy atom. The molecule has 1 atom stereocenters. The van der Waals surface area contributed by atoms with Gasteiger partial charge in [-0.25, -0.2) is 0 Å². The third-order valence-corrected chi connectivity index (χ3v) is 4.78. The van der Waals surface area contributed by atoms with E-state index in [1.807, 2.05) is 13.0 Å². The van der Waals surface area contributed by atoms with Crippen molar-refractivity contribution in [1.29, 1.82) is 0 Å². The summed E-state index contributed by atoms with van der Waals surface area (Å²) >= 11 is 0. The summed E-state index contributed by atoms with van der Waals surface area (Å²) in [6.45, 7) is 8.58. The quantitative estimate of drug-likeness (QED) is 0.824. The molecular formula is C19H25NO2. The second kappa shape index (κ2) is 5.79. The molecule has 3 heteroatoms. The number of furan rings is 1. The minimum atomic E-state index is 0.229. The maximum atomic E-state index is 12.8. The summed E-state index contributed by atoms with van der Waals surface area (Å²) in [5, 5.41) is 1.06. The predicted octanol–water partition coefficient (Wildman–Crippen LogP) is 4.32. The van der Waals surface area contributed by atoms with Crippen molar-refractivity contribution in [3.05, 3.63) is 35.6 Å². The van der Waals surface area contributed by atoms with Gasteiger partial charge >= 0.3 is 0 Å². The molecule has 1 unspecified atom stereocenters. The number of hydrogen-bond acceptors (Lipinski definition) is 2. The highest BCUT2D eigenvalue weighted by Gasteiger charge is 2.36. The SMILES string of the molecule is Cc1ccc2c(CC(=O)N(C3CC3)C(C)C(C)C)coc2c1. The van der Waals surface area contributed by atoms with Crippen molar-refractivity contribution in [2.24, 2.45) is 5.92 Å². The Bertz CT molecular complexity index is 682. The first-order valence-electron chi connectivity index (χ1n) is 8.25. The second-order valence-corrected chi connectivity index (χ2v) is 6.95. The van der Waals surface area contributed by atoms with Crippen LogP contribution >= 0.6 is 0 Å². The summed E-state index contributed by atoms with van der Waals surface area (Å²) in [6, 6.07) is 6.90. The van der Waals surface area contributed by atoms with Gasteiger partial charge in [0.2, 0.25) is 5.91 Å². The topological polar surface area (TPSA) is 33.5 Å². The largest absolute Gasteiger partial charge is 0.464 e. The van der Waals surface area contributed by atoms with Crippen molar-refractivity contribution in [2.45, 2.75) is 59.0 Å². The minimum Gasteiger partial charge on any atom is -0.464 e. The van der Waals surface area contributed by atoms with E-state index in [1.54, 1.807) is 6.26 Å². The molecule has 0 saturated heterocycles. The fourth-order valence-electron chi connectivity index (χ4n) is 3.02. The zero-order valence-corrected chi connectivity index (χ0v) is 13.9. The van der Waals surface area contributed by atoms with E-state index in [9.17, 15) is 4.79 Å². The van der Waals surface area contributed by atoms with E-state index >= 15 is 0 Å². The number of aryl methyl sites for hydroxylation is 1. The molecular weight excluding hydrogens is 274 g/mol. The lowest BCUT2D eigenvalue weighted by atomic mass is 10.0. The van der Waals surface area contributed by atoms with Gasteiger partial charge in [0.05, 0.1) is 12.7 Å². The zero-order chi connectivity index (χ0) is 15.9. The third-order valence-electron chi connectivity index (χ3n) is 4.78. The fraction of sp³-hybridized carbons (Fsp3) is 0.526. The highest BCUT2D eigenvalue weighted by atomic mass is 16.3. The lowest BCUT2D eigenvalue weighted by molar-refractivity contribution is -0.134. The first kappa shape index (κ1) is 15.1. The number of hydrogen-bond donors (Lipinski definition) is 0. The zero-order valence-electron chi connectivity index (χ0n) is 13.9. The Morgan fingerprint density at radius 1 is 1.32 bits per heavy atom. The summed E-state index contributed by atoms with van der Waals surface area (Å²) in [7, 11) is 0. The third kappa shape index (κ3) is 2.90. The van der Waals surface area contributed by atoms with Crippen LogP contribution in [0.2, 0.25) is 0 Å². The van der Waals surface area contributed by atoms with Gasteiger partial charge in [0, 0.05) is 23.0 Å². The number of carbonyl (C=O) groups excluding carboxylic acids is 1. The monoisotopic (exact) mass is 299 g/mol. The number of benzene rings is 1. The Hall–Kier alpha value is -1.77. The van der Waals surface area contributed by atoms with E-state index in [0.29, 0.717) is 24.4 Å². The van der Waals surface area contributed by atoms with Gasteiger partial charge in [-0.05, 0) is 44.2 Å². The van der Waals surface area contributed by atoms with E-state index in [0.717, 1.165) is 29.4 Å². The Balaban J connectivity index is 1.82. The van der Waals surface area contributed by atoms with Gasteiger partial charge in [0.15, 0.2) is 0 Å². The van der Waals surface area contributed by atoms with Gasteiger partial charge in [-0.2, -0.15) is 0 Å². The van der Waals surface area contributed by atoms with Crippen LogP contribution in [-0.2, 0) is 11.2 Å². The average Bonchev–Trinajstić information content (AvgIpc) is 3.21. The van der Waals surface area contributed by atoms with Crippen molar-refractivity contribution in [3.8, 4) is 0 Å². The normalized spacial score (nSPS) is 16.2. The molecule has 1 aromatic heterocycles. The van der Waals surface area contributed by atoms with Crippen molar-refractivity contribution >= 4 is 16.9 Å². The molecule has 0 bridgehead atoms. The molecule has 2 aromatic rings. The predicted molar refractivity (Wildman–Crippen MR) is 88.8 cm³/mol. The molecule has 0 radical (unpaired) electrons. The Kier molecular flexibility index (Phi) is 3.98. The van der Waals surface area contributed by atoms with Gasteiger partial charge in [-0.1, -0.05) is 26.0 Å². The summed E-state index contributed by atoms with van der Waals surface area (Å²) in [4.78, 5) is 14.9. The van der Waals surface area contributed by atoms with E-state index in [1.165, 1.54) is 5.56 Å². The maximum absolute atomic E-state index is 12.8. The summed E-state index contributed by atoms with van der Waals surface area (Å²) in [5.41, 5.74) is 3.05. The van der Waals surface area contributed by atoms with Crippen LogP contribution in [0.3, 0.4) is 0 Å². The molecule has 3 nitrogen and oxygen atoms in total. The van der Waals surface area contributed by atoms with E-state index in [2.05, 4.69) is 37.8 Å². The van der Waals surface area contributed by atoms with E-state index in [-0.39, 0.29) is 5.91 Å². The molecule has 1 aliphatic carbocycles. The van der Waals surface area contributed by atoms with Crippen LogP contribution in [0.25, 0.3) is 11.0 Å². The number of amides is 1. The Morgan fingerprint density at radius 2 is 2.05 bits per heavy atom. The maximum Gasteiger partial charge on any atom is 0.227 e. The standard InChI is InChI=1S/C19H25NO2/c1-12(2)14(4)20(16-6-7-16)19(21)10-15-11-22-18-9-13(3)5-8-17(15)18/h5,8-9,11-12,14,16H,6-7,10H2,1-4H3. The van der Waals surface area contributed by atoms with Gasteiger partial charge in [0.1, 0.15) is 5.58 Å². The minimum absolute atomic E-state index is 0.229. The van der Waals surface area contributed by atoms with Gasteiger partial charge < -0.3 is 9.32 Å². The average molecular weight is 299 g/mol. The van der Waals surface area contributed by atoms with Crippen LogP contribution in [0.4, 0.5) is 0 Å². The fourth-order valence-corrected chi connectivity index (χ4v) is 3.02. The lowest BCUT2D eigenvalue weighted by Crippen LogP contribution is -2.43. The molecule has 0 aliphatic heterocycles. The van der Waals surface area contributed by atoms with Crippen molar-refractivity contribution in [2.75, 3.05) is 0 Å². The van der Waals surface area contributed by atoms with Crippen LogP contribution in [0.15, 0.2) is 28.9 Å². The number of rotatable bonds is 5. The van der Waals surface area contributed by atoms with E-state index < -0.39 is 0 Å². The summed E-state index contributed by atoms with van der Waals surface area (Å²) in [5.74, 6) is 0.709. The van der Waals surface area contributed by atoms with Crippen LogP contribution < -0.4 is 0 Å². The smallest absolute Gasteiger partial charge is 0.227 e. The number of carbonyl (C=O) groups is 1. The lowest BCUT2D eigenvalue weighted by Gasteiger charge is -2.32. The Labute approximate surface area is 132 Å². The highest BCUT2D eigenvalue weighted by Crippen LogP contribution is 2.32. The molecule has 0 N–H and O–H groups in total. The molecule has 1 aliphatic rings. The molecule has 3 rings (SSSR count). The molecule has 22 heavy (non-hydrogen) atoms. The first-order chi connectivity index (χ1) is 10.5. The van der Waals surface area contributed by atoms with Crippen LogP contribution in [-0.4, -0.2) is 22.9 Å². The molecule has 118 valence electrons.